The summed E-state index contributed by atoms with van der Waals surface area (Å²) in [6, 6.07) is 7.08. The van der Waals surface area contributed by atoms with Crippen molar-refractivity contribution < 1.29 is 4.74 Å². The van der Waals surface area contributed by atoms with Gasteiger partial charge < -0.3 is 10.1 Å². The van der Waals surface area contributed by atoms with Gasteiger partial charge in [0.1, 0.15) is 5.75 Å². The van der Waals surface area contributed by atoms with Crippen LogP contribution in [0.1, 0.15) is 30.5 Å². The molecule has 0 bridgehead atoms. The molecule has 2 atom stereocenters. The zero-order valence-corrected chi connectivity index (χ0v) is 12.6. The van der Waals surface area contributed by atoms with Gasteiger partial charge in [-0.15, -0.1) is 0 Å². The van der Waals surface area contributed by atoms with E-state index in [9.17, 15) is 0 Å². The predicted octanol–water partition coefficient (Wildman–Crippen LogP) is 2.47. The molecule has 0 spiro atoms. The zero-order valence-electron chi connectivity index (χ0n) is 12.6. The second kappa shape index (κ2) is 6.40. The minimum Gasteiger partial charge on any atom is -0.497 e. The van der Waals surface area contributed by atoms with Crippen molar-refractivity contribution in [3.05, 3.63) is 29.3 Å². The molecule has 0 saturated heterocycles. The van der Waals surface area contributed by atoms with Gasteiger partial charge in [-0.3, -0.25) is 4.90 Å². The SMILES string of the molecule is CCC(CNC)C1c2ccc(OC)cc2CCN1C. The van der Waals surface area contributed by atoms with Gasteiger partial charge >= 0.3 is 0 Å². The molecule has 0 radical (unpaired) electrons. The average Bonchev–Trinajstić information content (AvgIpc) is 2.45. The average molecular weight is 262 g/mol. The van der Waals surface area contributed by atoms with Crippen molar-refractivity contribution in [3.8, 4) is 5.75 Å². The van der Waals surface area contributed by atoms with Gasteiger partial charge in [0.2, 0.25) is 0 Å². The fourth-order valence-corrected chi connectivity index (χ4v) is 3.24. The van der Waals surface area contributed by atoms with Gasteiger partial charge in [-0.05, 0) is 56.2 Å². The monoisotopic (exact) mass is 262 g/mol. The molecule has 1 aliphatic heterocycles. The number of benzene rings is 1. The van der Waals surface area contributed by atoms with Crippen molar-refractivity contribution in [3.63, 3.8) is 0 Å². The molecule has 0 saturated carbocycles. The molecule has 1 aliphatic rings. The van der Waals surface area contributed by atoms with Crippen LogP contribution in [-0.2, 0) is 6.42 Å². The lowest BCUT2D eigenvalue weighted by atomic mass is 9.83. The van der Waals surface area contributed by atoms with Crippen LogP contribution in [0.4, 0.5) is 0 Å². The van der Waals surface area contributed by atoms with Gasteiger partial charge in [0, 0.05) is 12.6 Å². The van der Waals surface area contributed by atoms with E-state index in [1.165, 1.54) is 17.5 Å². The van der Waals surface area contributed by atoms with Crippen molar-refractivity contribution in [1.82, 2.24) is 10.2 Å². The van der Waals surface area contributed by atoms with E-state index >= 15 is 0 Å². The Bertz CT molecular complexity index is 419. The van der Waals surface area contributed by atoms with E-state index in [1.54, 1.807) is 7.11 Å². The van der Waals surface area contributed by atoms with Crippen LogP contribution in [0.5, 0.6) is 5.75 Å². The molecule has 1 aromatic carbocycles. The van der Waals surface area contributed by atoms with Gasteiger partial charge in [-0.2, -0.15) is 0 Å². The molecule has 3 nitrogen and oxygen atoms in total. The maximum absolute atomic E-state index is 5.35. The molecule has 0 amide bonds. The normalized spacial score (nSPS) is 20.9. The third-order valence-corrected chi connectivity index (χ3v) is 4.31. The molecular weight excluding hydrogens is 236 g/mol. The van der Waals surface area contributed by atoms with Crippen LogP contribution in [0.25, 0.3) is 0 Å². The number of hydrogen-bond donors (Lipinski definition) is 1. The van der Waals surface area contributed by atoms with Crippen LogP contribution in [0, 0.1) is 5.92 Å². The van der Waals surface area contributed by atoms with Crippen molar-refractivity contribution in [1.29, 1.82) is 0 Å². The highest BCUT2D eigenvalue weighted by Gasteiger charge is 2.30. The van der Waals surface area contributed by atoms with Gasteiger partial charge in [-0.25, -0.2) is 0 Å². The van der Waals surface area contributed by atoms with Crippen molar-refractivity contribution in [2.45, 2.75) is 25.8 Å². The number of rotatable bonds is 5. The first kappa shape index (κ1) is 14.4. The Hall–Kier alpha value is -1.06. The highest BCUT2D eigenvalue weighted by atomic mass is 16.5. The lowest BCUT2D eigenvalue weighted by Gasteiger charge is -2.39. The minimum absolute atomic E-state index is 0.520. The molecule has 0 fully saturated rings. The van der Waals surface area contributed by atoms with E-state index in [0.717, 1.165) is 25.3 Å². The highest BCUT2D eigenvalue weighted by Crippen LogP contribution is 2.37. The largest absolute Gasteiger partial charge is 0.497 e. The summed E-state index contributed by atoms with van der Waals surface area (Å²) < 4.78 is 5.35. The molecule has 0 aromatic heterocycles. The van der Waals surface area contributed by atoms with Crippen LogP contribution in [0.2, 0.25) is 0 Å². The third kappa shape index (κ3) is 2.93. The topological polar surface area (TPSA) is 24.5 Å². The van der Waals surface area contributed by atoms with Crippen LogP contribution < -0.4 is 10.1 Å². The van der Waals surface area contributed by atoms with E-state index in [4.69, 9.17) is 4.74 Å². The quantitative estimate of drug-likeness (QED) is 0.882. The fraction of sp³-hybridized carbons (Fsp3) is 0.625. The van der Waals surface area contributed by atoms with Crippen molar-refractivity contribution in [2.24, 2.45) is 5.92 Å². The lowest BCUT2D eigenvalue weighted by Crippen LogP contribution is -2.39. The fourth-order valence-electron chi connectivity index (χ4n) is 3.24. The Morgan fingerprint density at radius 1 is 1.47 bits per heavy atom. The summed E-state index contributed by atoms with van der Waals surface area (Å²) in [4.78, 5) is 2.50. The van der Waals surface area contributed by atoms with E-state index in [0.29, 0.717) is 12.0 Å². The third-order valence-electron chi connectivity index (χ3n) is 4.31. The summed E-state index contributed by atoms with van der Waals surface area (Å²) in [7, 11) is 6.03. The van der Waals surface area contributed by atoms with E-state index in [-0.39, 0.29) is 0 Å². The van der Waals surface area contributed by atoms with Gasteiger partial charge in [0.15, 0.2) is 0 Å². The molecule has 1 heterocycles. The molecule has 1 aromatic rings. The van der Waals surface area contributed by atoms with Crippen LogP contribution >= 0.6 is 0 Å². The summed E-state index contributed by atoms with van der Waals surface area (Å²) in [6.07, 6.45) is 2.32. The van der Waals surface area contributed by atoms with Gasteiger partial charge in [-0.1, -0.05) is 19.4 Å². The molecule has 106 valence electrons. The second-order valence-corrected chi connectivity index (χ2v) is 5.47. The summed E-state index contributed by atoms with van der Waals surface area (Å²) in [5, 5.41) is 3.34. The van der Waals surface area contributed by atoms with E-state index in [2.05, 4.69) is 42.4 Å². The standard InChI is InChI=1S/C16H26N2O/c1-5-12(11-17-2)16-15-7-6-14(19-4)10-13(15)8-9-18(16)3/h6-7,10,12,16-17H,5,8-9,11H2,1-4H3. The number of nitrogens with one attached hydrogen (secondary N) is 1. The molecule has 0 aliphatic carbocycles. The lowest BCUT2D eigenvalue weighted by molar-refractivity contribution is 0.159. The Morgan fingerprint density at radius 3 is 2.89 bits per heavy atom. The molecule has 3 heteroatoms. The smallest absolute Gasteiger partial charge is 0.119 e. The predicted molar refractivity (Wildman–Crippen MR) is 79.8 cm³/mol. The van der Waals surface area contributed by atoms with Gasteiger partial charge in [0.05, 0.1) is 7.11 Å². The number of nitrogens with zero attached hydrogens (tertiary/aromatic N) is 1. The first-order valence-electron chi connectivity index (χ1n) is 7.22. The number of fused-ring (bicyclic) bond motifs is 1. The van der Waals surface area contributed by atoms with E-state index < -0.39 is 0 Å². The molecular formula is C16H26N2O. The molecule has 19 heavy (non-hydrogen) atoms. The second-order valence-electron chi connectivity index (χ2n) is 5.47. The number of likely N-dealkylation sites (N-methyl/N-ethyl adjacent to an activating group) is 1. The first-order chi connectivity index (χ1) is 9.21. The Labute approximate surface area is 116 Å². The highest BCUT2D eigenvalue weighted by molar-refractivity contribution is 5.39. The molecule has 2 unspecified atom stereocenters. The summed E-state index contributed by atoms with van der Waals surface area (Å²) in [6.45, 7) is 4.48. The van der Waals surface area contributed by atoms with Crippen molar-refractivity contribution >= 4 is 0 Å². The molecule has 1 N–H and O–H groups in total. The minimum atomic E-state index is 0.520. The van der Waals surface area contributed by atoms with E-state index in [1.807, 2.05) is 7.05 Å². The maximum atomic E-state index is 5.35. The number of ether oxygens (including phenoxy) is 1. The van der Waals surface area contributed by atoms with Crippen LogP contribution in [-0.4, -0.2) is 39.2 Å². The summed E-state index contributed by atoms with van der Waals surface area (Å²) >= 11 is 0. The molecule has 2 rings (SSSR count). The first-order valence-corrected chi connectivity index (χ1v) is 7.22. The summed E-state index contributed by atoms with van der Waals surface area (Å²) in [5.41, 5.74) is 2.94. The number of hydrogen-bond acceptors (Lipinski definition) is 3. The van der Waals surface area contributed by atoms with Crippen molar-refractivity contribution in [2.75, 3.05) is 34.3 Å². The van der Waals surface area contributed by atoms with Crippen LogP contribution in [0.3, 0.4) is 0 Å². The number of methoxy groups -OCH3 is 1. The summed E-state index contributed by atoms with van der Waals surface area (Å²) in [5.74, 6) is 1.63. The van der Waals surface area contributed by atoms with Gasteiger partial charge in [0.25, 0.3) is 0 Å². The zero-order chi connectivity index (χ0) is 13.8. The Balaban J connectivity index is 2.34. The Kier molecular flexibility index (Phi) is 4.83. The Morgan fingerprint density at radius 2 is 2.26 bits per heavy atom. The van der Waals surface area contributed by atoms with Crippen LogP contribution in [0.15, 0.2) is 18.2 Å². The maximum Gasteiger partial charge on any atom is 0.119 e.